The van der Waals surface area contributed by atoms with E-state index in [1.807, 2.05) is 35.0 Å². The Morgan fingerprint density at radius 3 is 2.89 bits per heavy atom. The van der Waals surface area contributed by atoms with Gasteiger partial charge in [0.25, 0.3) is 0 Å². The highest BCUT2D eigenvalue weighted by Crippen LogP contribution is 2.24. The zero-order chi connectivity index (χ0) is 12.4. The lowest BCUT2D eigenvalue weighted by atomic mass is 10.2. The van der Waals surface area contributed by atoms with Gasteiger partial charge in [-0.15, -0.1) is 0 Å². The molecule has 3 rings (SSSR count). The first-order chi connectivity index (χ1) is 8.88. The number of thiophene rings is 1. The lowest BCUT2D eigenvalue weighted by Gasteiger charge is -1.97. The van der Waals surface area contributed by atoms with Crippen LogP contribution in [0.4, 0.5) is 0 Å². The van der Waals surface area contributed by atoms with Crippen molar-refractivity contribution >= 4 is 17.6 Å². The van der Waals surface area contributed by atoms with Gasteiger partial charge in [-0.2, -0.15) is 16.4 Å². The summed E-state index contributed by atoms with van der Waals surface area (Å²) >= 11 is 1.58. The van der Waals surface area contributed by atoms with Crippen molar-refractivity contribution in [1.29, 1.82) is 0 Å². The average molecular weight is 255 g/mol. The second-order valence-electron chi connectivity index (χ2n) is 3.70. The molecule has 0 N–H and O–H groups in total. The number of aromatic nitrogens is 3. The van der Waals surface area contributed by atoms with Crippen molar-refractivity contribution in [2.45, 2.75) is 0 Å². The standard InChI is InChI=1S/C13H9N3OS/c17-8-11-7-16(12-3-1-2-5-14-12)15-13(11)10-4-6-18-9-10/h1-9H. The lowest BCUT2D eigenvalue weighted by Crippen LogP contribution is -1.96. The number of carbonyl (C=O) groups excluding carboxylic acids is 1. The molecule has 0 fully saturated rings. The third-order valence-electron chi connectivity index (χ3n) is 2.55. The second-order valence-corrected chi connectivity index (χ2v) is 4.48. The third-order valence-corrected chi connectivity index (χ3v) is 3.23. The molecule has 0 radical (unpaired) electrons. The molecule has 3 aromatic rings. The summed E-state index contributed by atoms with van der Waals surface area (Å²) in [6, 6.07) is 7.52. The molecule has 0 atom stereocenters. The van der Waals surface area contributed by atoms with Gasteiger partial charge in [0, 0.05) is 23.3 Å². The minimum Gasteiger partial charge on any atom is -0.298 e. The first-order valence-electron chi connectivity index (χ1n) is 5.37. The number of pyridine rings is 1. The van der Waals surface area contributed by atoms with Gasteiger partial charge in [-0.25, -0.2) is 9.67 Å². The average Bonchev–Trinajstić information content (AvgIpc) is 3.08. The van der Waals surface area contributed by atoms with Crippen LogP contribution in [-0.4, -0.2) is 21.1 Å². The highest BCUT2D eigenvalue weighted by atomic mass is 32.1. The van der Waals surface area contributed by atoms with E-state index in [-0.39, 0.29) is 0 Å². The first-order valence-corrected chi connectivity index (χ1v) is 6.31. The summed E-state index contributed by atoms with van der Waals surface area (Å²) in [6.45, 7) is 0. The maximum atomic E-state index is 11.1. The van der Waals surface area contributed by atoms with Gasteiger partial charge in [0.1, 0.15) is 5.69 Å². The van der Waals surface area contributed by atoms with Crippen molar-refractivity contribution in [3.63, 3.8) is 0 Å². The van der Waals surface area contributed by atoms with E-state index in [2.05, 4.69) is 10.1 Å². The molecule has 0 aliphatic rings. The number of carbonyl (C=O) groups is 1. The highest BCUT2D eigenvalue weighted by molar-refractivity contribution is 7.08. The van der Waals surface area contributed by atoms with Gasteiger partial charge in [0.2, 0.25) is 0 Å². The second kappa shape index (κ2) is 4.54. The Kier molecular flexibility index (Phi) is 2.74. The van der Waals surface area contributed by atoms with Crippen molar-refractivity contribution < 1.29 is 4.79 Å². The maximum Gasteiger partial charge on any atom is 0.153 e. The maximum absolute atomic E-state index is 11.1. The molecule has 3 heterocycles. The Morgan fingerprint density at radius 1 is 1.28 bits per heavy atom. The Balaban J connectivity index is 2.12. The van der Waals surface area contributed by atoms with Crippen LogP contribution in [0.15, 0.2) is 47.4 Å². The predicted octanol–water partition coefficient (Wildman–Crippen LogP) is 2.81. The molecule has 0 aromatic carbocycles. The number of rotatable bonds is 3. The van der Waals surface area contributed by atoms with Crippen molar-refractivity contribution in [3.8, 4) is 17.1 Å². The molecule has 0 spiro atoms. The predicted molar refractivity (Wildman–Crippen MR) is 70.1 cm³/mol. The van der Waals surface area contributed by atoms with Crippen molar-refractivity contribution in [2.24, 2.45) is 0 Å². The number of hydrogen-bond donors (Lipinski definition) is 0. The minimum absolute atomic E-state index is 0.569. The molecule has 0 aliphatic heterocycles. The van der Waals surface area contributed by atoms with Crippen LogP contribution < -0.4 is 0 Å². The normalized spacial score (nSPS) is 10.4. The fourth-order valence-corrected chi connectivity index (χ4v) is 2.34. The molecular weight excluding hydrogens is 246 g/mol. The smallest absolute Gasteiger partial charge is 0.153 e. The molecule has 0 unspecified atom stereocenters. The van der Waals surface area contributed by atoms with E-state index in [4.69, 9.17) is 0 Å². The molecule has 0 saturated carbocycles. The Bertz CT molecular complexity index is 659. The van der Waals surface area contributed by atoms with Gasteiger partial charge in [0.15, 0.2) is 12.1 Å². The SMILES string of the molecule is O=Cc1cn(-c2ccccn2)nc1-c1ccsc1. The van der Waals surface area contributed by atoms with E-state index in [1.165, 1.54) is 0 Å². The van der Waals surface area contributed by atoms with E-state index in [0.717, 1.165) is 11.8 Å². The van der Waals surface area contributed by atoms with Gasteiger partial charge in [-0.05, 0) is 23.6 Å². The van der Waals surface area contributed by atoms with E-state index < -0.39 is 0 Å². The van der Waals surface area contributed by atoms with Crippen LogP contribution in [0.25, 0.3) is 17.1 Å². The molecule has 0 aliphatic carbocycles. The molecular formula is C13H9N3OS. The van der Waals surface area contributed by atoms with Crippen LogP contribution in [0.1, 0.15) is 10.4 Å². The molecule has 0 saturated heterocycles. The molecule has 18 heavy (non-hydrogen) atoms. The molecule has 88 valence electrons. The van der Waals surface area contributed by atoms with E-state index in [1.54, 1.807) is 28.4 Å². The third kappa shape index (κ3) is 1.84. The zero-order valence-corrected chi connectivity index (χ0v) is 10.2. The minimum atomic E-state index is 0.569. The molecule has 4 nitrogen and oxygen atoms in total. The first kappa shape index (κ1) is 10.9. The van der Waals surface area contributed by atoms with Gasteiger partial charge in [-0.1, -0.05) is 6.07 Å². The van der Waals surface area contributed by atoms with Gasteiger partial charge < -0.3 is 0 Å². The van der Waals surface area contributed by atoms with Crippen LogP contribution in [0.5, 0.6) is 0 Å². The fraction of sp³-hybridized carbons (Fsp3) is 0. The van der Waals surface area contributed by atoms with E-state index in [9.17, 15) is 4.79 Å². The number of hydrogen-bond acceptors (Lipinski definition) is 4. The van der Waals surface area contributed by atoms with Crippen molar-refractivity contribution in [1.82, 2.24) is 14.8 Å². The summed E-state index contributed by atoms with van der Waals surface area (Å²) in [5.41, 5.74) is 2.22. The summed E-state index contributed by atoms with van der Waals surface area (Å²) in [6.07, 6.45) is 4.21. The summed E-state index contributed by atoms with van der Waals surface area (Å²) in [5.74, 6) is 0.696. The van der Waals surface area contributed by atoms with Gasteiger partial charge >= 0.3 is 0 Å². The lowest BCUT2D eigenvalue weighted by molar-refractivity contribution is 0.112. The van der Waals surface area contributed by atoms with Crippen LogP contribution in [0, 0.1) is 0 Å². The monoisotopic (exact) mass is 255 g/mol. The summed E-state index contributed by atoms with van der Waals surface area (Å²) in [7, 11) is 0. The fourth-order valence-electron chi connectivity index (χ4n) is 1.70. The Hall–Kier alpha value is -2.27. The zero-order valence-electron chi connectivity index (χ0n) is 9.35. The van der Waals surface area contributed by atoms with Crippen LogP contribution in [-0.2, 0) is 0 Å². The van der Waals surface area contributed by atoms with Gasteiger partial charge in [0.05, 0.1) is 5.56 Å². The highest BCUT2D eigenvalue weighted by Gasteiger charge is 2.12. The van der Waals surface area contributed by atoms with E-state index >= 15 is 0 Å². The largest absolute Gasteiger partial charge is 0.298 e. The summed E-state index contributed by atoms with van der Waals surface area (Å²) in [5, 5.41) is 8.36. The molecule has 5 heteroatoms. The van der Waals surface area contributed by atoms with Crippen LogP contribution in [0.2, 0.25) is 0 Å². The Labute approximate surface area is 108 Å². The summed E-state index contributed by atoms with van der Waals surface area (Å²) < 4.78 is 1.62. The number of nitrogens with zero attached hydrogens (tertiary/aromatic N) is 3. The Morgan fingerprint density at radius 2 is 2.22 bits per heavy atom. The summed E-state index contributed by atoms with van der Waals surface area (Å²) in [4.78, 5) is 15.3. The van der Waals surface area contributed by atoms with Gasteiger partial charge in [-0.3, -0.25) is 4.79 Å². The van der Waals surface area contributed by atoms with Crippen molar-refractivity contribution in [2.75, 3.05) is 0 Å². The molecule has 0 bridgehead atoms. The van der Waals surface area contributed by atoms with Crippen LogP contribution in [0.3, 0.4) is 0 Å². The quantitative estimate of drug-likeness (QED) is 0.676. The number of aldehydes is 1. The topological polar surface area (TPSA) is 47.8 Å². The van der Waals surface area contributed by atoms with Crippen molar-refractivity contribution in [3.05, 3.63) is 53.0 Å². The molecule has 0 amide bonds. The van der Waals surface area contributed by atoms with Crippen LogP contribution >= 0.6 is 11.3 Å². The molecule has 3 aromatic heterocycles. The van der Waals surface area contributed by atoms with E-state index in [0.29, 0.717) is 17.1 Å².